The molecule has 2 aromatic carbocycles. The average Bonchev–Trinajstić information content (AvgIpc) is 3.37. The van der Waals surface area contributed by atoms with Crippen LogP contribution in [0.5, 0.6) is 0 Å². The normalized spacial score (nSPS) is 28.3. The third-order valence-electron chi connectivity index (χ3n) is 6.85. The smallest absolute Gasteiger partial charge is 0.310 e. The number of carbonyl (C=O) groups is 3. The molecule has 30 heavy (non-hydrogen) atoms. The van der Waals surface area contributed by atoms with Crippen LogP contribution in [-0.2, 0) is 20.7 Å². The summed E-state index contributed by atoms with van der Waals surface area (Å²) in [4.78, 5) is 37.6. The largest absolute Gasteiger partial charge is 0.462 e. The lowest BCUT2D eigenvalue weighted by atomic mass is 9.79. The molecule has 3 aliphatic rings. The van der Waals surface area contributed by atoms with Gasteiger partial charge in [0, 0.05) is 22.9 Å². The summed E-state index contributed by atoms with van der Waals surface area (Å²) in [6.45, 7) is 2.05. The molecule has 2 saturated carbocycles. The molecule has 0 spiro atoms. The summed E-state index contributed by atoms with van der Waals surface area (Å²) >= 11 is 0. The number of nitrogens with one attached hydrogen (secondary N) is 2. The summed E-state index contributed by atoms with van der Waals surface area (Å²) < 4.78 is 5.41. The van der Waals surface area contributed by atoms with Gasteiger partial charge in [0.2, 0.25) is 5.91 Å². The molecule has 2 N–H and O–H groups in total. The average molecular weight is 404 g/mol. The zero-order chi connectivity index (χ0) is 20.8. The SMILES string of the molecule is CCc1ccccc1NC(=O)c1ccc(NC(=O)[C@@H]2[C@@H]3C[C@H]4[C@@H]2C(=O)O[C@@H]4C3)cc1. The van der Waals surface area contributed by atoms with Crippen molar-refractivity contribution < 1.29 is 19.1 Å². The Labute approximate surface area is 175 Å². The fourth-order valence-electron chi connectivity index (χ4n) is 5.44. The number of rotatable bonds is 5. The minimum atomic E-state index is -0.310. The maximum Gasteiger partial charge on any atom is 0.310 e. The molecule has 5 rings (SSSR count). The molecule has 0 radical (unpaired) electrons. The van der Waals surface area contributed by atoms with Gasteiger partial charge in [0.25, 0.3) is 5.91 Å². The van der Waals surface area contributed by atoms with Crippen LogP contribution in [0, 0.1) is 23.7 Å². The minimum absolute atomic E-state index is 0.0205. The van der Waals surface area contributed by atoms with Crippen molar-refractivity contribution in [3.8, 4) is 0 Å². The van der Waals surface area contributed by atoms with Gasteiger partial charge < -0.3 is 15.4 Å². The van der Waals surface area contributed by atoms with Gasteiger partial charge in [-0.3, -0.25) is 14.4 Å². The Kier molecular flexibility index (Phi) is 4.57. The number of fused-ring (bicyclic) bond motifs is 1. The Morgan fingerprint density at radius 1 is 1.03 bits per heavy atom. The standard InChI is InChI=1S/C24H24N2O4/c1-2-13-5-3-4-6-18(13)26-22(27)14-7-9-16(10-8-14)25-23(28)20-15-11-17-19(12-15)30-24(29)21(17)20/h3-10,15,17,19-21H,2,11-12H2,1H3,(H,25,28)(H,26,27)/t15-,17-,19-,20-,21+/m1/s1. The first kappa shape index (κ1) is 18.9. The molecule has 1 aliphatic heterocycles. The molecule has 154 valence electrons. The molecule has 2 bridgehead atoms. The van der Waals surface area contributed by atoms with Crippen molar-refractivity contribution in [1.29, 1.82) is 0 Å². The fourth-order valence-corrected chi connectivity index (χ4v) is 5.44. The number of benzene rings is 2. The van der Waals surface area contributed by atoms with Crippen LogP contribution >= 0.6 is 0 Å². The van der Waals surface area contributed by atoms with Crippen LogP contribution in [0.1, 0.15) is 35.7 Å². The van der Waals surface area contributed by atoms with Crippen LogP contribution in [0.3, 0.4) is 0 Å². The van der Waals surface area contributed by atoms with Gasteiger partial charge in [0.1, 0.15) is 6.10 Å². The Morgan fingerprint density at radius 2 is 1.80 bits per heavy atom. The maximum atomic E-state index is 12.9. The van der Waals surface area contributed by atoms with Crippen molar-refractivity contribution in [2.75, 3.05) is 10.6 Å². The second kappa shape index (κ2) is 7.27. The molecule has 6 nitrogen and oxygen atoms in total. The topological polar surface area (TPSA) is 84.5 Å². The lowest BCUT2D eigenvalue weighted by molar-refractivity contribution is -0.145. The van der Waals surface area contributed by atoms with E-state index in [-0.39, 0.29) is 47.6 Å². The lowest BCUT2D eigenvalue weighted by Crippen LogP contribution is -2.35. The second-order valence-corrected chi connectivity index (χ2v) is 8.45. The van der Waals surface area contributed by atoms with Gasteiger partial charge in [-0.1, -0.05) is 25.1 Å². The number of aryl methyl sites for hydroxylation is 1. The summed E-state index contributed by atoms with van der Waals surface area (Å²) in [7, 11) is 0. The summed E-state index contributed by atoms with van der Waals surface area (Å²) in [5.74, 6) is -0.715. The van der Waals surface area contributed by atoms with Crippen molar-refractivity contribution in [3.05, 3.63) is 59.7 Å². The highest BCUT2D eigenvalue weighted by Gasteiger charge is 2.63. The van der Waals surface area contributed by atoms with E-state index >= 15 is 0 Å². The third kappa shape index (κ3) is 3.07. The molecule has 1 saturated heterocycles. The van der Waals surface area contributed by atoms with E-state index < -0.39 is 0 Å². The summed E-state index contributed by atoms with van der Waals surface area (Å²) in [5.41, 5.74) is 3.02. The Bertz CT molecular complexity index is 1010. The van der Waals surface area contributed by atoms with Gasteiger partial charge in [0.05, 0.1) is 11.8 Å². The zero-order valence-corrected chi connectivity index (χ0v) is 16.8. The molecule has 2 aliphatic carbocycles. The molecule has 2 amide bonds. The number of para-hydroxylation sites is 1. The number of ether oxygens (including phenoxy) is 1. The van der Waals surface area contributed by atoms with Crippen LogP contribution < -0.4 is 10.6 Å². The van der Waals surface area contributed by atoms with Gasteiger partial charge in [-0.25, -0.2) is 0 Å². The highest BCUT2D eigenvalue weighted by Crippen LogP contribution is 2.57. The van der Waals surface area contributed by atoms with E-state index in [2.05, 4.69) is 10.6 Å². The molecule has 6 heteroatoms. The Morgan fingerprint density at radius 3 is 2.57 bits per heavy atom. The first-order valence-electron chi connectivity index (χ1n) is 10.6. The van der Waals surface area contributed by atoms with E-state index in [4.69, 9.17) is 4.74 Å². The molecule has 5 atom stereocenters. The maximum absolute atomic E-state index is 12.9. The Balaban J connectivity index is 1.25. The van der Waals surface area contributed by atoms with E-state index in [9.17, 15) is 14.4 Å². The van der Waals surface area contributed by atoms with Gasteiger partial charge in [-0.2, -0.15) is 0 Å². The second-order valence-electron chi connectivity index (χ2n) is 8.45. The number of carbonyl (C=O) groups excluding carboxylic acids is 3. The van der Waals surface area contributed by atoms with E-state index in [0.717, 1.165) is 30.5 Å². The number of anilines is 2. The van der Waals surface area contributed by atoms with Gasteiger partial charge in [-0.15, -0.1) is 0 Å². The van der Waals surface area contributed by atoms with Crippen molar-refractivity contribution >= 4 is 29.2 Å². The van der Waals surface area contributed by atoms with Crippen molar-refractivity contribution in [2.24, 2.45) is 23.7 Å². The van der Waals surface area contributed by atoms with E-state index in [1.54, 1.807) is 24.3 Å². The highest BCUT2D eigenvalue weighted by molar-refractivity contribution is 6.05. The predicted octanol–water partition coefficient (Wildman–Crippen LogP) is 3.64. The monoisotopic (exact) mass is 404 g/mol. The fraction of sp³-hybridized carbons (Fsp3) is 0.375. The van der Waals surface area contributed by atoms with Crippen LogP contribution in [-0.4, -0.2) is 23.9 Å². The van der Waals surface area contributed by atoms with Gasteiger partial charge in [-0.05, 0) is 61.1 Å². The van der Waals surface area contributed by atoms with Crippen LogP contribution in [0.15, 0.2) is 48.5 Å². The molecule has 3 fully saturated rings. The van der Waals surface area contributed by atoms with Gasteiger partial charge in [0.15, 0.2) is 0 Å². The number of esters is 1. The predicted molar refractivity (Wildman–Crippen MR) is 112 cm³/mol. The quantitative estimate of drug-likeness (QED) is 0.745. The van der Waals surface area contributed by atoms with E-state index in [1.165, 1.54) is 0 Å². The molecule has 0 unspecified atom stereocenters. The molecular formula is C24H24N2O4. The molecule has 1 heterocycles. The zero-order valence-electron chi connectivity index (χ0n) is 16.8. The van der Waals surface area contributed by atoms with E-state index in [0.29, 0.717) is 11.3 Å². The molecule has 2 aromatic rings. The third-order valence-corrected chi connectivity index (χ3v) is 6.85. The Hall–Kier alpha value is -3.15. The van der Waals surface area contributed by atoms with Gasteiger partial charge >= 0.3 is 5.97 Å². The van der Waals surface area contributed by atoms with Crippen LogP contribution in [0.4, 0.5) is 11.4 Å². The first-order valence-corrected chi connectivity index (χ1v) is 10.6. The number of hydrogen-bond donors (Lipinski definition) is 2. The first-order chi connectivity index (χ1) is 14.5. The summed E-state index contributed by atoms with van der Waals surface area (Å²) in [6, 6.07) is 14.6. The van der Waals surface area contributed by atoms with Crippen LogP contribution in [0.25, 0.3) is 0 Å². The number of hydrogen-bond acceptors (Lipinski definition) is 4. The minimum Gasteiger partial charge on any atom is -0.462 e. The molecular weight excluding hydrogens is 380 g/mol. The molecule has 0 aromatic heterocycles. The summed E-state index contributed by atoms with van der Waals surface area (Å²) in [5, 5.41) is 5.87. The van der Waals surface area contributed by atoms with E-state index in [1.807, 2.05) is 31.2 Å². The highest BCUT2D eigenvalue weighted by atomic mass is 16.6. The number of amides is 2. The summed E-state index contributed by atoms with van der Waals surface area (Å²) in [6.07, 6.45) is 2.55. The van der Waals surface area contributed by atoms with Crippen molar-refractivity contribution in [1.82, 2.24) is 0 Å². The van der Waals surface area contributed by atoms with Crippen LogP contribution in [0.2, 0.25) is 0 Å². The van der Waals surface area contributed by atoms with Crippen molar-refractivity contribution in [2.45, 2.75) is 32.3 Å². The van der Waals surface area contributed by atoms with Crippen molar-refractivity contribution in [3.63, 3.8) is 0 Å². The lowest BCUT2D eigenvalue weighted by Gasteiger charge is -2.23.